The van der Waals surface area contributed by atoms with Crippen LogP contribution in [0.5, 0.6) is 0 Å². The Morgan fingerprint density at radius 3 is 2.50 bits per heavy atom. The molecule has 1 aromatic rings. The fourth-order valence-corrected chi connectivity index (χ4v) is 2.23. The fourth-order valence-electron chi connectivity index (χ4n) is 2.23. The van der Waals surface area contributed by atoms with Gasteiger partial charge in [0.15, 0.2) is 0 Å². The van der Waals surface area contributed by atoms with E-state index in [0.717, 1.165) is 5.56 Å². The molecule has 0 saturated carbocycles. The summed E-state index contributed by atoms with van der Waals surface area (Å²) in [6, 6.07) is 6.62. The molecule has 3 atom stereocenters. The van der Waals surface area contributed by atoms with Crippen LogP contribution in [0.25, 0.3) is 0 Å². The monoisotopic (exact) mass is 306 g/mol. The molecule has 5 heteroatoms. The van der Waals surface area contributed by atoms with Gasteiger partial charge < -0.3 is 15.7 Å². The van der Waals surface area contributed by atoms with Gasteiger partial charge in [-0.1, -0.05) is 24.6 Å². The summed E-state index contributed by atoms with van der Waals surface area (Å²) in [7, 11) is 0. The summed E-state index contributed by atoms with van der Waals surface area (Å²) in [5.74, 6) is -0.301. The molecule has 0 fully saturated rings. The minimum Gasteiger partial charge on any atom is -0.393 e. The molecule has 2 amide bonds. The normalized spacial score (nSPS) is 14.8. The smallest absolute Gasteiger partial charge is 0.251 e. The summed E-state index contributed by atoms with van der Waals surface area (Å²) in [4.78, 5) is 24.0. The highest BCUT2D eigenvalue weighted by Crippen LogP contribution is 2.05. The maximum atomic E-state index is 12.1. The lowest BCUT2D eigenvalue weighted by atomic mass is 10.0. The molecular formula is C17H26N2O3. The number of hydrogen-bond donors (Lipinski definition) is 3. The quantitative estimate of drug-likeness (QED) is 0.716. The SMILES string of the molecule is Cc1cccc(C(=O)NC(C)C(=O)NCC(C)CC(C)O)c1. The number of amides is 2. The third kappa shape index (κ3) is 6.26. The van der Waals surface area contributed by atoms with E-state index >= 15 is 0 Å². The van der Waals surface area contributed by atoms with Crippen molar-refractivity contribution in [3.8, 4) is 0 Å². The molecule has 0 aromatic heterocycles. The van der Waals surface area contributed by atoms with Crippen LogP contribution in [0.4, 0.5) is 0 Å². The number of hydrogen-bond acceptors (Lipinski definition) is 3. The van der Waals surface area contributed by atoms with Gasteiger partial charge in [-0.3, -0.25) is 9.59 Å². The minimum absolute atomic E-state index is 0.184. The first-order valence-corrected chi connectivity index (χ1v) is 7.63. The Bertz CT molecular complexity index is 514. The predicted octanol–water partition coefficient (Wildman–Crippen LogP) is 1.64. The molecule has 0 aliphatic heterocycles. The van der Waals surface area contributed by atoms with Crippen molar-refractivity contribution in [1.29, 1.82) is 0 Å². The molecule has 0 aliphatic carbocycles. The first kappa shape index (κ1) is 18.2. The average molecular weight is 306 g/mol. The Kier molecular flexibility index (Phi) is 7.05. The zero-order valence-corrected chi connectivity index (χ0v) is 13.7. The molecule has 3 unspecified atom stereocenters. The van der Waals surface area contributed by atoms with Crippen LogP contribution < -0.4 is 10.6 Å². The van der Waals surface area contributed by atoms with E-state index in [1.807, 2.05) is 26.0 Å². The number of nitrogens with one attached hydrogen (secondary N) is 2. The largest absolute Gasteiger partial charge is 0.393 e. The number of carbonyl (C=O) groups excluding carboxylic acids is 2. The summed E-state index contributed by atoms with van der Waals surface area (Å²) in [6.45, 7) is 7.74. The van der Waals surface area contributed by atoms with Crippen molar-refractivity contribution in [2.75, 3.05) is 6.54 Å². The van der Waals surface area contributed by atoms with Crippen LogP contribution in [0, 0.1) is 12.8 Å². The first-order valence-electron chi connectivity index (χ1n) is 7.63. The summed E-state index contributed by atoms with van der Waals surface area (Å²) in [6.07, 6.45) is 0.245. The van der Waals surface area contributed by atoms with Crippen molar-refractivity contribution in [2.45, 2.75) is 46.3 Å². The number of aliphatic hydroxyl groups excluding tert-OH is 1. The molecule has 5 nitrogen and oxygen atoms in total. The molecule has 0 spiro atoms. The Hall–Kier alpha value is -1.88. The number of aryl methyl sites for hydroxylation is 1. The van der Waals surface area contributed by atoms with Crippen molar-refractivity contribution in [1.82, 2.24) is 10.6 Å². The Labute approximate surface area is 132 Å². The van der Waals surface area contributed by atoms with E-state index in [1.165, 1.54) is 0 Å². The molecule has 0 aliphatic rings. The zero-order valence-electron chi connectivity index (χ0n) is 13.7. The van der Waals surface area contributed by atoms with E-state index in [-0.39, 0.29) is 23.8 Å². The molecule has 0 bridgehead atoms. The van der Waals surface area contributed by atoms with Crippen LogP contribution in [0.3, 0.4) is 0 Å². The second kappa shape index (κ2) is 8.54. The molecule has 0 radical (unpaired) electrons. The molecule has 1 aromatic carbocycles. The van der Waals surface area contributed by atoms with Crippen LogP contribution in [0.15, 0.2) is 24.3 Å². The molecular weight excluding hydrogens is 280 g/mol. The highest BCUT2D eigenvalue weighted by molar-refractivity contribution is 5.97. The molecule has 122 valence electrons. The lowest BCUT2D eigenvalue weighted by molar-refractivity contribution is -0.122. The third-order valence-corrected chi connectivity index (χ3v) is 3.39. The zero-order chi connectivity index (χ0) is 16.7. The van der Waals surface area contributed by atoms with Crippen LogP contribution in [-0.2, 0) is 4.79 Å². The van der Waals surface area contributed by atoms with Crippen molar-refractivity contribution < 1.29 is 14.7 Å². The van der Waals surface area contributed by atoms with Gasteiger partial charge in [-0.2, -0.15) is 0 Å². The summed E-state index contributed by atoms with van der Waals surface area (Å²) >= 11 is 0. The molecule has 1 rings (SSSR count). The van der Waals surface area contributed by atoms with Crippen LogP contribution in [-0.4, -0.2) is 35.6 Å². The van der Waals surface area contributed by atoms with Crippen molar-refractivity contribution >= 4 is 11.8 Å². The maximum absolute atomic E-state index is 12.1. The highest BCUT2D eigenvalue weighted by Gasteiger charge is 2.17. The van der Waals surface area contributed by atoms with Crippen LogP contribution >= 0.6 is 0 Å². The van der Waals surface area contributed by atoms with Crippen molar-refractivity contribution in [3.63, 3.8) is 0 Å². The predicted molar refractivity (Wildman–Crippen MR) is 86.6 cm³/mol. The summed E-state index contributed by atoms with van der Waals surface area (Å²) in [5, 5.41) is 14.8. The van der Waals surface area contributed by atoms with Crippen molar-refractivity contribution in [3.05, 3.63) is 35.4 Å². The van der Waals surface area contributed by atoms with Gasteiger partial charge in [0.2, 0.25) is 5.91 Å². The van der Waals surface area contributed by atoms with Crippen LogP contribution in [0.1, 0.15) is 43.1 Å². The number of aliphatic hydroxyl groups is 1. The summed E-state index contributed by atoms with van der Waals surface area (Å²) in [5.41, 5.74) is 1.54. The number of benzene rings is 1. The van der Waals surface area contributed by atoms with E-state index < -0.39 is 6.04 Å². The number of rotatable bonds is 7. The fraction of sp³-hybridized carbons (Fsp3) is 0.529. The molecule has 0 heterocycles. The molecule has 3 N–H and O–H groups in total. The standard InChI is InChI=1S/C17H26N2O3/c1-11-6-5-7-15(9-11)17(22)19-14(4)16(21)18-10-12(2)8-13(3)20/h5-7,9,12-14,20H,8,10H2,1-4H3,(H,18,21)(H,19,22). The van der Waals surface area contributed by atoms with E-state index in [9.17, 15) is 14.7 Å². The first-order chi connectivity index (χ1) is 10.3. The lowest BCUT2D eigenvalue weighted by Crippen LogP contribution is -2.45. The average Bonchev–Trinajstić information content (AvgIpc) is 2.43. The third-order valence-electron chi connectivity index (χ3n) is 3.39. The van der Waals surface area contributed by atoms with Gasteiger partial charge in [-0.05, 0) is 45.2 Å². The summed E-state index contributed by atoms with van der Waals surface area (Å²) < 4.78 is 0. The van der Waals surface area contributed by atoms with Gasteiger partial charge in [0.05, 0.1) is 6.10 Å². The Morgan fingerprint density at radius 2 is 1.91 bits per heavy atom. The van der Waals surface area contributed by atoms with Gasteiger partial charge >= 0.3 is 0 Å². The molecule has 22 heavy (non-hydrogen) atoms. The van der Waals surface area contributed by atoms with Gasteiger partial charge in [-0.25, -0.2) is 0 Å². The van der Waals surface area contributed by atoms with Gasteiger partial charge in [0.25, 0.3) is 5.91 Å². The van der Waals surface area contributed by atoms with Gasteiger partial charge in [0.1, 0.15) is 6.04 Å². The lowest BCUT2D eigenvalue weighted by Gasteiger charge is -2.17. The molecule has 0 saturated heterocycles. The highest BCUT2D eigenvalue weighted by atomic mass is 16.3. The minimum atomic E-state index is -0.605. The van der Waals surface area contributed by atoms with Gasteiger partial charge in [-0.15, -0.1) is 0 Å². The van der Waals surface area contributed by atoms with E-state index in [2.05, 4.69) is 10.6 Å². The van der Waals surface area contributed by atoms with E-state index in [4.69, 9.17) is 0 Å². The van der Waals surface area contributed by atoms with E-state index in [0.29, 0.717) is 18.5 Å². The second-order valence-corrected chi connectivity index (χ2v) is 6.00. The Balaban J connectivity index is 2.45. The number of carbonyl (C=O) groups is 2. The second-order valence-electron chi connectivity index (χ2n) is 6.00. The topological polar surface area (TPSA) is 78.4 Å². The van der Waals surface area contributed by atoms with Crippen molar-refractivity contribution in [2.24, 2.45) is 5.92 Å². The van der Waals surface area contributed by atoms with E-state index in [1.54, 1.807) is 26.0 Å². The van der Waals surface area contributed by atoms with Crippen LogP contribution in [0.2, 0.25) is 0 Å². The Morgan fingerprint density at radius 1 is 1.23 bits per heavy atom. The maximum Gasteiger partial charge on any atom is 0.251 e. The van der Waals surface area contributed by atoms with Gasteiger partial charge in [0, 0.05) is 12.1 Å².